The van der Waals surface area contributed by atoms with Gasteiger partial charge in [0.1, 0.15) is 0 Å². The number of nitrogens with one attached hydrogen (secondary N) is 1. The summed E-state index contributed by atoms with van der Waals surface area (Å²) >= 11 is 0. The average molecular weight is 215 g/mol. The lowest BCUT2D eigenvalue weighted by atomic mass is 9.95. The fourth-order valence-electron chi connectivity index (χ4n) is 3.52. The summed E-state index contributed by atoms with van der Waals surface area (Å²) < 4.78 is 0. The SMILES string of the molecule is CCc1cccc(NC2CC3CCC2C3)c1. The van der Waals surface area contributed by atoms with Crippen LogP contribution in [0.4, 0.5) is 5.69 Å². The third-order valence-corrected chi connectivity index (χ3v) is 4.43. The maximum atomic E-state index is 3.75. The molecule has 2 saturated carbocycles. The molecule has 2 fully saturated rings. The van der Waals surface area contributed by atoms with Crippen molar-refractivity contribution in [3.05, 3.63) is 29.8 Å². The molecular weight excluding hydrogens is 194 g/mol. The van der Waals surface area contributed by atoms with E-state index in [4.69, 9.17) is 0 Å². The fraction of sp³-hybridized carbons (Fsp3) is 0.600. The largest absolute Gasteiger partial charge is 0.382 e. The van der Waals surface area contributed by atoms with Crippen LogP contribution in [0, 0.1) is 11.8 Å². The summed E-state index contributed by atoms with van der Waals surface area (Å²) in [6.07, 6.45) is 6.95. The van der Waals surface area contributed by atoms with Gasteiger partial charge in [-0.2, -0.15) is 0 Å². The molecule has 1 nitrogen and oxygen atoms in total. The van der Waals surface area contributed by atoms with Gasteiger partial charge in [-0.15, -0.1) is 0 Å². The number of aryl methyl sites for hydroxylation is 1. The van der Waals surface area contributed by atoms with Crippen LogP contribution in [-0.2, 0) is 6.42 Å². The average Bonchev–Trinajstić information content (AvgIpc) is 2.91. The highest BCUT2D eigenvalue weighted by Crippen LogP contribution is 2.45. The molecule has 16 heavy (non-hydrogen) atoms. The van der Waals surface area contributed by atoms with Crippen molar-refractivity contribution >= 4 is 5.69 Å². The van der Waals surface area contributed by atoms with Gasteiger partial charge in [0.2, 0.25) is 0 Å². The van der Waals surface area contributed by atoms with Gasteiger partial charge in [0.05, 0.1) is 0 Å². The number of benzene rings is 1. The molecule has 2 aliphatic rings. The zero-order valence-electron chi connectivity index (χ0n) is 10.1. The quantitative estimate of drug-likeness (QED) is 0.807. The molecule has 3 atom stereocenters. The van der Waals surface area contributed by atoms with Crippen molar-refractivity contribution in [2.75, 3.05) is 5.32 Å². The van der Waals surface area contributed by atoms with E-state index in [-0.39, 0.29) is 0 Å². The van der Waals surface area contributed by atoms with Crippen molar-refractivity contribution < 1.29 is 0 Å². The molecule has 0 spiro atoms. The van der Waals surface area contributed by atoms with Crippen molar-refractivity contribution in [2.24, 2.45) is 11.8 Å². The van der Waals surface area contributed by atoms with Gasteiger partial charge >= 0.3 is 0 Å². The molecular formula is C15H21N. The van der Waals surface area contributed by atoms with Crippen LogP contribution in [0.5, 0.6) is 0 Å². The number of fused-ring (bicyclic) bond motifs is 2. The van der Waals surface area contributed by atoms with Gasteiger partial charge in [-0.05, 0) is 55.2 Å². The summed E-state index contributed by atoms with van der Waals surface area (Å²) in [5, 5.41) is 3.75. The Morgan fingerprint density at radius 3 is 2.88 bits per heavy atom. The van der Waals surface area contributed by atoms with E-state index < -0.39 is 0 Å². The van der Waals surface area contributed by atoms with Crippen LogP contribution in [-0.4, -0.2) is 6.04 Å². The molecule has 0 aliphatic heterocycles. The number of hydrogen-bond acceptors (Lipinski definition) is 1. The first-order valence-electron chi connectivity index (χ1n) is 6.70. The van der Waals surface area contributed by atoms with E-state index in [0.29, 0.717) is 0 Å². The van der Waals surface area contributed by atoms with Crippen LogP contribution in [0.1, 0.15) is 38.2 Å². The monoisotopic (exact) mass is 215 g/mol. The van der Waals surface area contributed by atoms with Gasteiger partial charge in [-0.25, -0.2) is 0 Å². The lowest BCUT2D eigenvalue weighted by Crippen LogP contribution is -2.25. The Bertz CT molecular complexity index is 371. The lowest BCUT2D eigenvalue weighted by molar-refractivity contribution is 0.440. The lowest BCUT2D eigenvalue weighted by Gasteiger charge is -2.24. The van der Waals surface area contributed by atoms with E-state index in [1.165, 1.54) is 36.9 Å². The van der Waals surface area contributed by atoms with Gasteiger partial charge in [0.25, 0.3) is 0 Å². The second kappa shape index (κ2) is 4.12. The van der Waals surface area contributed by atoms with Crippen LogP contribution in [0.3, 0.4) is 0 Å². The first kappa shape index (κ1) is 10.2. The maximum absolute atomic E-state index is 3.75. The Balaban J connectivity index is 1.69. The van der Waals surface area contributed by atoms with E-state index in [1.54, 1.807) is 0 Å². The van der Waals surface area contributed by atoms with E-state index in [2.05, 4.69) is 36.5 Å². The summed E-state index contributed by atoms with van der Waals surface area (Å²) in [6.45, 7) is 2.22. The second-order valence-corrected chi connectivity index (χ2v) is 5.48. The molecule has 3 unspecified atom stereocenters. The van der Waals surface area contributed by atoms with Crippen LogP contribution in [0.15, 0.2) is 24.3 Å². The predicted molar refractivity (Wildman–Crippen MR) is 68.7 cm³/mol. The molecule has 2 bridgehead atoms. The molecule has 1 aromatic carbocycles. The number of rotatable bonds is 3. The Kier molecular flexibility index (Phi) is 2.62. The Labute approximate surface area is 98.3 Å². The molecule has 0 heterocycles. The summed E-state index contributed by atoms with van der Waals surface area (Å²) in [5.74, 6) is 1.98. The highest BCUT2D eigenvalue weighted by molar-refractivity contribution is 5.47. The summed E-state index contributed by atoms with van der Waals surface area (Å²) in [7, 11) is 0. The van der Waals surface area contributed by atoms with Crippen molar-refractivity contribution in [3.63, 3.8) is 0 Å². The molecule has 3 rings (SSSR count). The van der Waals surface area contributed by atoms with Crippen LogP contribution >= 0.6 is 0 Å². The fourth-order valence-corrected chi connectivity index (χ4v) is 3.52. The Morgan fingerprint density at radius 1 is 1.25 bits per heavy atom. The van der Waals surface area contributed by atoms with E-state index in [9.17, 15) is 0 Å². The standard InChI is InChI=1S/C15H21N/c1-2-11-4-3-5-14(9-11)16-15-10-12-6-7-13(15)8-12/h3-5,9,12-13,15-16H,2,6-8,10H2,1H3. The van der Waals surface area contributed by atoms with Gasteiger partial charge in [0, 0.05) is 11.7 Å². The highest BCUT2D eigenvalue weighted by atomic mass is 14.9. The van der Waals surface area contributed by atoms with Gasteiger partial charge in [-0.3, -0.25) is 0 Å². The summed E-state index contributed by atoms with van der Waals surface area (Å²) in [6, 6.07) is 9.67. The normalized spacial score (nSPS) is 31.9. The van der Waals surface area contributed by atoms with E-state index in [1.807, 2.05) is 0 Å². The Morgan fingerprint density at radius 2 is 2.19 bits per heavy atom. The molecule has 1 aromatic rings. The molecule has 2 aliphatic carbocycles. The first-order valence-corrected chi connectivity index (χ1v) is 6.70. The second-order valence-electron chi connectivity index (χ2n) is 5.48. The maximum Gasteiger partial charge on any atom is 0.0345 e. The highest BCUT2D eigenvalue weighted by Gasteiger charge is 2.39. The van der Waals surface area contributed by atoms with Gasteiger partial charge < -0.3 is 5.32 Å². The van der Waals surface area contributed by atoms with Crippen molar-refractivity contribution in [1.29, 1.82) is 0 Å². The number of hydrogen-bond donors (Lipinski definition) is 1. The van der Waals surface area contributed by atoms with Crippen molar-refractivity contribution in [2.45, 2.75) is 45.1 Å². The Hall–Kier alpha value is -0.980. The van der Waals surface area contributed by atoms with Gasteiger partial charge in [-0.1, -0.05) is 25.5 Å². The van der Waals surface area contributed by atoms with Gasteiger partial charge in [0.15, 0.2) is 0 Å². The van der Waals surface area contributed by atoms with E-state index >= 15 is 0 Å². The van der Waals surface area contributed by atoms with Crippen LogP contribution in [0.2, 0.25) is 0 Å². The third kappa shape index (κ3) is 1.83. The van der Waals surface area contributed by atoms with Crippen LogP contribution in [0.25, 0.3) is 0 Å². The molecule has 0 saturated heterocycles. The minimum atomic E-state index is 0.755. The van der Waals surface area contributed by atoms with Crippen LogP contribution < -0.4 is 5.32 Å². The number of anilines is 1. The minimum absolute atomic E-state index is 0.755. The first-order chi connectivity index (χ1) is 7.85. The topological polar surface area (TPSA) is 12.0 Å². The third-order valence-electron chi connectivity index (χ3n) is 4.43. The molecule has 86 valence electrons. The minimum Gasteiger partial charge on any atom is -0.382 e. The van der Waals surface area contributed by atoms with Crippen molar-refractivity contribution in [1.82, 2.24) is 0 Å². The predicted octanol–water partition coefficient (Wildman–Crippen LogP) is 3.85. The smallest absolute Gasteiger partial charge is 0.0345 e. The summed E-state index contributed by atoms with van der Waals surface area (Å²) in [5.41, 5.74) is 2.77. The molecule has 0 amide bonds. The molecule has 1 heteroatoms. The summed E-state index contributed by atoms with van der Waals surface area (Å²) in [4.78, 5) is 0. The molecule has 0 aromatic heterocycles. The zero-order valence-corrected chi connectivity index (χ0v) is 10.1. The van der Waals surface area contributed by atoms with Crippen molar-refractivity contribution in [3.8, 4) is 0 Å². The molecule has 1 N–H and O–H groups in total. The molecule has 0 radical (unpaired) electrons. The van der Waals surface area contributed by atoms with E-state index in [0.717, 1.165) is 24.3 Å². The zero-order chi connectivity index (χ0) is 11.0.